The second-order valence-corrected chi connectivity index (χ2v) is 5.56. The van der Waals surface area contributed by atoms with Crippen molar-refractivity contribution in [3.8, 4) is 11.5 Å². The molecule has 0 aliphatic rings. The Labute approximate surface area is 129 Å². The van der Waals surface area contributed by atoms with Gasteiger partial charge in [0, 0.05) is 6.04 Å². The standard InChI is InChI=1S/C17H19ClFNO/c1-3-14(20)9-12-4-6-17(15(18)10-12)21-16-7-5-13(19)8-11(16)2/h4-8,10,14H,3,9,20H2,1-2H3. The van der Waals surface area contributed by atoms with E-state index in [2.05, 4.69) is 6.92 Å². The molecule has 0 fully saturated rings. The molecule has 112 valence electrons. The molecule has 0 saturated carbocycles. The van der Waals surface area contributed by atoms with E-state index in [1.807, 2.05) is 18.2 Å². The number of nitrogens with two attached hydrogens (primary N) is 1. The van der Waals surface area contributed by atoms with Crippen molar-refractivity contribution in [3.05, 3.63) is 58.4 Å². The molecule has 21 heavy (non-hydrogen) atoms. The molecule has 0 heterocycles. The smallest absolute Gasteiger partial charge is 0.146 e. The lowest BCUT2D eigenvalue weighted by Gasteiger charge is -2.13. The fourth-order valence-electron chi connectivity index (χ4n) is 2.05. The summed E-state index contributed by atoms with van der Waals surface area (Å²) in [7, 11) is 0. The molecule has 0 aliphatic carbocycles. The third kappa shape index (κ3) is 4.19. The summed E-state index contributed by atoms with van der Waals surface area (Å²) in [6, 6.07) is 10.2. The third-order valence-corrected chi connectivity index (χ3v) is 3.67. The van der Waals surface area contributed by atoms with Crippen LogP contribution in [0, 0.1) is 12.7 Å². The van der Waals surface area contributed by atoms with E-state index in [0.717, 1.165) is 24.0 Å². The van der Waals surface area contributed by atoms with E-state index in [0.29, 0.717) is 16.5 Å². The third-order valence-electron chi connectivity index (χ3n) is 3.38. The maximum Gasteiger partial charge on any atom is 0.146 e. The first-order valence-corrected chi connectivity index (χ1v) is 7.35. The van der Waals surface area contributed by atoms with Crippen molar-refractivity contribution in [2.24, 2.45) is 5.73 Å². The van der Waals surface area contributed by atoms with E-state index in [1.165, 1.54) is 12.1 Å². The largest absolute Gasteiger partial charge is 0.456 e. The van der Waals surface area contributed by atoms with Crippen molar-refractivity contribution in [1.29, 1.82) is 0 Å². The van der Waals surface area contributed by atoms with Crippen molar-refractivity contribution in [3.63, 3.8) is 0 Å². The second kappa shape index (κ2) is 6.92. The number of ether oxygens (including phenoxy) is 1. The van der Waals surface area contributed by atoms with Crippen LogP contribution in [0.5, 0.6) is 11.5 Å². The Kier molecular flexibility index (Phi) is 5.21. The van der Waals surface area contributed by atoms with E-state index >= 15 is 0 Å². The number of aryl methyl sites for hydroxylation is 1. The van der Waals surface area contributed by atoms with E-state index in [9.17, 15) is 4.39 Å². The number of halogens is 2. The Morgan fingerprint density at radius 2 is 1.90 bits per heavy atom. The van der Waals surface area contributed by atoms with Gasteiger partial charge in [0.05, 0.1) is 5.02 Å². The Bertz CT molecular complexity index is 630. The fraction of sp³-hybridized carbons (Fsp3) is 0.294. The van der Waals surface area contributed by atoms with E-state index in [4.69, 9.17) is 22.1 Å². The summed E-state index contributed by atoms with van der Waals surface area (Å²) in [6.45, 7) is 3.85. The van der Waals surface area contributed by atoms with Gasteiger partial charge in [0.1, 0.15) is 17.3 Å². The van der Waals surface area contributed by atoms with Gasteiger partial charge in [-0.2, -0.15) is 0 Å². The molecule has 0 radical (unpaired) electrons. The zero-order valence-electron chi connectivity index (χ0n) is 12.2. The molecule has 0 bridgehead atoms. The zero-order chi connectivity index (χ0) is 15.4. The molecule has 0 amide bonds. The van der Waals surface area contributed by atoms with E-state index in [1.54, 1.807) is 13.0 Å². The number of rotatable bonds is 5. The summed E-state index contributed by atoms with van der Waals surface area (Å²) in [5, 5.41) is 0.527. The van der Waals surface area contributed by atoms with Crippen LogP contribution in [0.1, 0.15) is 24.5 Å². The minimum absolute atomic E-state index is 0.132. The molecule has 2 aromatic rings. The van der Waals surface area contributed by atoms with Crippen molar-refractivity contribution in [1.82, 2.24) is 0 Å². The van der Waals surface area contributed by atoms with E-state index < -0.39 is 0 Å². The average molecular weight is 308 g/mol. The molecule has 4 heteroatoms. The van der Waals surface area contributed by atoms with Crippen LogP contribution in [0.4, 0.5) is 4.39 Å². The van der Waals surface area contributed by atoms with Gasteiger partial charge in [0.25, 0.3) is 0 Å². The lowest BCUT2D eigenvalue weighted by atomic mass is 10.0. The van der Waals surface area contributed by atoms with Crippen LogP contribution in [-0.4, -0.2) is 6.04 Å². The maximum absolute atomic E-state index is 13.1. The molecular formula is C17H19ClFNO. The van der Waals surface area contributed by atoms with Gasteiger partial charge in [-0.1, -0.05) is 24.6 Å². The van der Waals surface area contributed by atoms with Crippen molar-refractivity contribution < 1.29 is 9.13 Å². The summed E-state index contributed by atoms with van der Waals surface area (Å²) in [6.07, 6.45) is 1.71. The predicted octanol–water partition coefficient (Wildman–Crippen LogP) is 4.86. The normalized spacial score (nSPS) is 12.2. The Morgan fingerprint density at radius 1 is 1.19 bits per heavy atom. The van der Waals surface area contributed by atoms with Gasteiger partial charge < -0.3 is 10.5 Å². The fourth-order valence-corrected chi connectivity index (χ4v) is 2.29. The van der Waals surface area contributed by atoms with Gasteiger partial charge in [-0.15, -0.1) is 0 Å². The van der Waals surface area contributed by atoms with Crippen LogP contribution in [0.25, 0.3) is 0 Å². The summed E-state index contributed by atoms with van der Waals surface area (Å²) in [5.41, 5.74) is 7.75. The lowest BCUT2D eigenvalue weighted by molar-refractivity contribution is 0.476. The van der Waals surface area contributed by atoms with Crippen LogP contribution in [0.2, 0.25) is 5.02 Å². The Balaban J connectivity index is 2.17. The maximum atomic E-state index is 13.1. The minimum atomic E-state index is -0.283. The van der Waals surface area contributed by atoms with Gasteiger partial charge in [0.2, 0.25) is 0 Å². The molecule has 2 aromatic carbocycles. The van der Waals surface area contributed by atoms with Gasteiger partial charge in [-0.05, 0) is 61.2 Å². The number of hydrogen-bond acceptors (Lipinski definition) is 2. The summed E-state index contributed by atoms with van der Waals surface area (Å²) in [4.78, 5) is 0. The van der Waals surface area contributed by atoms with Gasteiger partial charge in [0.15, 0.2) is 0 Å². The van der Waals surface area contributed by atoms with Gasteiger partial charge in [-0.3, -0.25) is 0 Å². The highest BCUT2D eigenvalue weighted by molar-refractivity contribution is 6.32. The molecule has 0 saturated heterocycles. The average Bonchev–Trinajstić information content (AvgIpc) is 2.44. The molecule has 1 unspecified atom stereocenters. The van der Waals surface area contributed by atoms with Crippen molar-refractivity contribution >= 4 is 11.6 Å². The molecule has 2 N–H and O–H groups in total. The summed E-state index contributed by atoms with van der Waals surface area (Å²) >= 11 is 6.25. The molecule has 0 spiro atoms. The number of hydrogen-bond donors (Lipinski definition) is 1. The molecule has 2 rings (SSSR count). The molecule has 0 aromatic heterocycles. The molecule has 0 aliphatic heterocycles. The first-order chi connectivity index (χ1) is 9.99. The quantitative estimate of drug-likeness (QED) is 0.856. The minimum Gasteiger partial charge on any atom is -0.456 e. The van der Waals surface area contributed by atoms with Crippen molar-refractivity contribution in [2.75, 3.05) is 0 Å². The van der Waals surface area contributed by atoms with Crippen LogP contribution in [0.3, 0.4) is 0 Å². The van der Waals surface area contributed by atoms with Crippen LogP contribution < -0.4 is 10.5 Å². The number of benzene rings is 2. The summed E-state index contributed by atoms with van der Waals surface area (Å²) in [5.74, 6) is 0.867. The predicted molar refractivity (Wildman–Crippen MR) is 84.6 cm³/mol. The topological polar surface area (TPSA) is 35.2 Å². The monoisotopic (exact) mass is 307 g/mol. The molecule has 2 nitrogen and oxygen atoms in total. The molecular weight excluding hydrogens is 289 g/mol. The van der Waals surface area contributed by atoms with Crippen molar-refractivity contribution in [2.45, 2.75) is 32.7 Å². The Hall–Kier alpha value is -1.58. The first-order valence-electron chi connectivity index (χ1n) is 6.97. The highest BCUT2D eigenvalue weighted by atomic mass is 35.5. The highest BCUT2D eigenvalue weighted by Crippen LogP contribution is 2.32. The lowest BCUT2D eigenvalue weighted by Crippen LogP contribution is -2.21. The van der Waals surface area contributed by atoms with E-state index in [-0.39, 0.29) is 11.9 Å². The Morgan fingerprint density at radius 3 is 2.52 bits per heavy atom. The first kappa shape index (κ1) is 15.8. The van der Waals surface area contributed by atoms with Crippen LogP contribution >= 0.6 is 11.6 Å². The second-order valence-electron chi connectivity index (χ2n) is 5.15. The van der Waals surface area contributed by atoms with Gasteiger partial charge >= 0.3 is 0 Å². The summed E-state index contributed by atoms with van der Waals surface area (Å²) < 4.78 is 18.8. The SMILES string of the molecule is CCC(N)Cc1ccc(Oc2ccc(F)cc2C)c(Cl)c1. The van der Waals surface area contributed by atoms with Gasteiger partial charge in [-0.25, -0.2) is 4.39 Å². The molecule has 1 atom stereocenters. The highest BCUT2D eigenvalue weighted by Gasteiger charge is 2.09. The van der Waals surface area contributed by atoms with Crippen LogP contribution in [0.15, 0.2) is 36.4 Å². The zero-order valence-corrected chi connectivity index (χ0v) is 13.0. The van der Waals surface area contributed by atoms with Crippen LogP contribution in [-0.2, 0) is 6.42 Å².